The first-order valence-electron chi connectivity index (χ1n) is 6.52. The van der Waals surface area contributed by atoms with Crippen LogP contribution in [0.4, 0.5) is 4.79 Å². The summed E-state index contributed by atoms with van der Waals surface area (Å²) in [4.78, 5) is 26.9. The van der Waals surface area contributed by atoms with Gasteiger partial charge in [-0.1, -0.05) is 0 Å². The number of carbonyl (C=O) groups excluding carboxylic acids is 1. The van der Waals surface area contributed by atoms with Crippen LogP contribution in [0, 0.1) is 0 Å². The Hall–Kier alpha value is -0.560. The summed E-state index contributed by atoms with van der Waals surface area (Å²) in [5.74, 6) is 0.107. The number of amides is 2. The molecule has 0 aromatic heterocycles. The zero-order chi connectivity index (χ0) is 13.8. The summed E-state index contributed by atoms with van der Waals surface area (Å²) < 4.78 is 0. The van der Waals surface area contributed by atoms with Crippen LogP contribution in [0.1, 0.15) is 19.3 Å². The maximum absolute atomic E-state index is 12.4. The summed E-state index contributed by atoms with van der Waals surface area (Å²) in [5, 5.41) is 9.76. The second-order valence-electron chi connectivity index (χ2n) is 4.88. The number of carboxylic acids is 1. The first-order valence-corrected chi connectivity index (χ1v) is 8.96. The minimum absolute atomic E-state index is 0.0980. The SMILES string of the molecule is CSC1CCCN(C(=O)N2CSC[C@H]2C(=O)O)CC1. The van der Waals surface area contributed by atoms with E-state index in [0.29, 0.717) is 16.9 Å². The van der Waals surface area contributed by atoms with Gasteiger partial charge in [-0.25, -0.2) is 9.59 Å². The van der Waals surface area contributed by atoms with E-state index in [0.717, 1.165) is 32.4 Å². The Morgan fingerprint density at radius 2 is 2.11 bits per heavy atom. The lowest BCUT2D eigenvalue weighted by Crippen LogP contribution is -2.49. The summed E-state index contributed by atoms with van der Waals surface area (Å²) >= 11 is 3.38. The van der Waals surface area contributed by atoms with Gasteiger partial charge in [0.1, 0.15) is 6.04 Å². The van der Waals surface area contributed by atoms with Crippen molar-refractivity contribution in [3.8, 4) is 0 Å². The van der Waals surface area contributed by atoms with Crippen LogP contribution in [0.5, 0.6) is 0 Å². The molecule has 2 aliphatic heterocycles. The number of thioether (sulfide) groups is 2. The average molecular weight is 304 g/mol. The fourth-order valence-electron chi connectivity index (χ4n) is 2.51. The molecule has 0 aromatic rings. The van der Waals surface area contributed by atoms with Crippen molar-refractivity contribution in [3.63, 3.8) is 0 Å². The third-order valence-electron chi connectivity index (χ3n) is 3.69. The maximum atomic E-state index is 12.4. The Balaban J connectivity index is 1.97. The van der Waals surface area contributed by atoms with Crippen molar-refractivity contribution in [1.29, 1.82) is 0 Å². The second kappa shape index (κ2) is 6.74. The molecule has 5 nitrogen and oxygen atoms in total. The summed E-state index contributed by atoms with van der Waals surface area (Å²) in [5.41, 5.74) is 0. The second-order valence-corrected chi connectivity index (χ2v) is 7.02. The maximum Gasteiger partial charge on any atom is 0.327 e. The zero-order valence-electron chi connectivity index (χ0n) is 11.1. The highest BCUT2D eigenvalue weighted by Gasteiger charge is 2.37. The van der Waals surface area contributed by atoms with E-state index in [1.54, 1.807) is 0 Å². The topological polar surface area (TPSA) is 60.9 Å². The Labute approximate surface area is 122 Å². The van der Waals surface area contributed by atoms with Crippen LogP contribution in [0.2, 0.25) is 0 Å². The Bertz CT molecular complexity index is 354. The molecule has 2 rings (SSSR count). The van der Waals surface area contributed by atoms with Gasteiger partial charge in [-0.05, 0) is 25.5 Å². The Morgan fingerprint density at radius 1 is 1.32 bits per heavy atom. The molecule has 19 heavy (non-hydrogen) atoms. The normalized spacial score (nSPS) is 28.3. The van der Waals surface area contributed by atoms with E-state index >= 15 is 0 Å². The molecule has 0 bridgehead atoms. The third kappa shape index (κ3) is 3.51. The Kier molecular flexibility index (Phi) is 5.27. The highest BCUT2D eigenvalue weighted by molar-refractivity contribution is 7.99. The van der Waals surface area contributed by atoms with Crippen LogP contribution in [0.3, 0.4) is 0 Å². The molecular formula is C12H20N2O3S2. The molecule has 0 saturated carbocycles. The van der Waals surface area contributed by atoms with Gasteiger partial charge in [0.15, 0.2) is 0 Å². The molecular weight excluding hydrogens is 284 g/mol. The van der Waals surface area contributed by atoms with Gasteiger partial charge in [0.05, 0.1) is 5.88 Å². The van der Waals surface area contributed by atoms with Gasteiger partial charge in [-0.2, -0.15) is 11.8 Å². The average Bonchev–Trinajstić information content (AvgIpc) is 2.76. The molecule has 2 saturated heterocycles. The minimum atomic E-state index is -0.893. The van der Waals surface area contributed by atoms with Gasteiger partial charge in [-0.3, -0.25) is 0 Å². The van der Waals surface area contributed by atoms with E-state index in [2.05, 4.69) is 6.26 Å². The van der Waals surface area contributed by atoms with Crippen molar-refractivity contribution in [2.45, 2.75) is 30.6 Å². The molecule has 1 N–H and O–H groups in total. The van der Waals surface area contributed by atoms with Crippen LogP contribution in [0.15, 0.2) is 0 Å². The van der Waals surface area contributed by atoms with E-state index in [1.807, 2.05) is 16.7 Å². The lowest BCUT2D eigenvalue weighted by atomic mass is 10.2. The molecule has 2 atom stereocenters. The fourth-order valence-corrected chi connectivity index (χ4v) is 4.39. The number of hydrogen-bond acceptors (Lipinski definition) is 4. The number of aliphatic carboxylic acids is 1. The number of likely N-dealkylation sites (tertiary alicyclic amines) is 1. The molecule has 2 heterocycles. The minimum Gasteiger partial charge on any atom is -0.480 e. The van der Waals surface area contributed by atoms with E-state index in [9.17, 15) is 9.59 Å². The van der Waals surface area contributed by atoms with E-state index in [4.69, 9.17) is 5.11 Å². The standard InChI is InChI=1S/C12H20N2O3S2/c1-18-9-3-2-5-13(6-4-9)12(17)14-8-19-7-10(14)11(15)16/h9-10H,2-8H2,1H3,(H,15,16)/t9?,10-/m0/s1. The first kappa shape index (κ1) is 14.8. The van der Waals surface area contributed by atoms with Gasteiger partial charge in [-0.15, -0.1) is 11.8 Å². The molecule has 0 radical (unpaired) electrons. The molecule has 0 spiro atoms. The highest BCUT2D eigenvalue weighted by atomic mass is 32.2. The van der Waals surface area contributed by atoms with Gasteiger partial charge < -0.3 is 14.9 Å². The predicted molar refractivity (Wildman–Crippen MR) is 78.7 cm³/mol. The smallest absolute Gasteiger partial charge is 0.327 e. The first-order chi connectivity index (χ1) is 9.13. The number of urea groups is 1. The molecule has 0 aliphatic carbocycles. The summed E-state index contributed by atoms with van der Waals surface area (Å²) in [6.07, 6.45) is 5.27. The number of carboxylic acid groups (broad SMARTS) is 1. The molecule has 0 aromatic carbocycles. The van der Waals surface area contributed by atoms with Crippen molar-refractivity contribution in [1.82, 2.24) is 9.80 Å². The number of nitrogens with zero attached hydrogens (tertiary/aromatic N) is 2. The molecule has 2 fully saturated rings. The van der Waals surface area contributed by atoms with E-state index in [1.165, 1.54) is 16.7 Å². The predicted octanol–water partition coefficient (Wildman–Crippen LogP) is 1.78. The molecule has 2 aliphatic rings. The van der Waals surface area contributed by atoms with Crippen LogP contribution >= 0.6 is 23.5 Å². The number of rotatable bonds is 2. The lowest BCUT2D eigenvalue weighted by molar-refractivity contribution is -0.140. The van der Waals surface area contributed by atoms with Gasteiger partial charge in [0, 0.05) is 24.1 Å². The molecule has 108 valence electrons. The third-order valence-corrected chi connectivity index (χ3v) is 5.84. The molecule has 1 unspecified atom stereocenters. The van der Waals surface area contributed by atoms with E-state index in [-0.39, 0.29) is 6.03 Å². The fraction of sp³-hybridized carbons (Fsp3) is 0.833. The van der Waals surface area contributed by atoms with Gasteiger partial charge in [0.25, 0.3) is 0 Å². The van der Waals surface area contributed by atoms with Gasteiger partial charge >= 0.3 is 12.0 Å². The highest BCUT2D eigenvalue weighted by Crippen LogP contribution is 2.25. The number of carbonyl (C=O) groups is 2. The molecule has 7 heteroatoms. The molecule has 2 amide bonds. The van der Waals surface area contributed by atoms with Crippen LogP contribution in [-0.4, -0.2) is 69.2 Å². The van der Waals surface area contributed by atoms with Crippen molar-refractivity contribution in [2.24, 2.45) is 0 Å². The van der Waals surface area contributed by atoms with Crippen molar-refractivity contribution >= 4 is 35.5 Å². The monoisotopic (exact) mass is 304 g/mol. The van der Waals surface area contributed by atoms with Gasteiger partial charge in [0.2, 0.25) is 0 Å². The lowest BCUT2D eigenvalue weighted by Gasteiger charge is -2.28. The van der Waals surface area contributed by atoms with Crippen molar-refractivity contribution in [3.05, 3.63) is 0 Å². The quantitative estimate of drug-likeness (QED) is 0.842. The Morgan fingerprint density at radius 3 is 2.79 bits per heavy atom. The van der Waals surface area contributed by atoms with Crippen molar-refractivity contribution < 1.29 is 14.7 Å². The van der Waals surface area contributed by atoms with Crippen LogP contribution in [-0.2, 0) is 4.79 Å². The summed E-state index contributed by atoms with van der Waals surface area (Å²) in [7, 11) is 0. The summed E-state index contributed by atoms with van der Waals surface area (Å²) in [6, 6.07) is -0.753. The number of hydrogen-bond donors (Lipinski definition) is 1. The largest absolute Gasteiger partial charge is 0.480 e. The zero-order valence-corrected chi connectivity index (χ0v) is 12.7. The van der Waals surface area contributed by atoms with Crippen molar-refractivity contribution in [2.75, 3.05) is 31.0 Å². The van der Waals surface area contributed by atoms with E-state index < -0.39 is 12.0 Å². The van der Waals surface area contributed by atoms with Crippen LogP contribution < -0.4 is 0 Å². The van der Waals surface area contributed by atoms with Crippen LogP contribution in [0.25, 0.3) is 0 Å². The summed E-state index contributed by atoms with van der Waals surface area (Å²) in [6.45, 7) is 1.50.